The molecule has 2 aromatic rings. The Bertz CT molecular complexity index is 1010. The summed E-state index contributed by atoms with van der Waals surface area (Å²) >= 11 is 0. The van der Waals surface area contributed by atoms with E-state index in [9.17, 15) is 43.9 Å². The van der Waals surface area contributed by atoms with Crippen LogP contribution in [0.3, 0.4) is 0 Å². The molecular formula is C20H13BF10. The fourth-order valence-electron chi connectivity index (χ4n) is 2.70. The van der Waals surface area contributed by atoms with E-state index in [2.05, 4.69) is 0 Å². The van der Waals surface area contributed by atoms with Crippen LogP contribution < -0.4 is 10.9 Å². The maximum Gasteiger partial charge on any atom is 0.252 e. The van der Waals surface area contributed by atoms with Gasteiger partial charge in [-0.05, 0) is 18.5 Å². The molecule has 2 rings (SSSR count). The summed E-state index contributed by atoms with van der Waals surface area (Å²) in [5, 5.41) is 0. The van der Waals surface area contributed by atoms with Gasteiger partial charge in [0, 0.05) is 5.47 Å². The van der Waals surface area contributed by atoms with Crippen LogP contribution in [-0.2, 0) is 0 Å². The average molecular weight is 454 g/mol. The second-order valence-electron chi connectivity index (χ2n) is 5.77. The van der Waals surface area contributed by atoms with Crippen molar-refractivity contribution in [1.82, 2.24) is 0 Å². The van der Waals surface area contributed by atoms with E-state index >= 15 is 0 Å². The van der Waals surface area contributed by atoms with E-state index in [0.29, 0.717) is 14.1 Å². The lowest BCUT2D eigenvalue weighted by Gasteiger charge is -2.19. The lowest BCUT2D eigenvalue weighted by Crippen LogP contribution is -2.47. The number of hydrogen-bond acceptors (Lipinski definition) is 0. The second kappa shape index (κ2) is 11.4. The quantitative estimate of drug-likeness (QED) is 0.167. The maximum atomic E-state index is 14.6. The van der Waals surface area contributed by atoms with E-state index in [1.165, 1.54) is 18.2 Å². The summed E-state index contributed by atoms with van der Waals surface area (Å²) in [6.07, 6.45) is -0.935. The third kappa shape index (κ3) is 5.59. The van der Waals surface area contributed by atoms with Gasteiger partial charge in [-0.1, -0.05) is 35.8 Å². The first kappa shape index (κ1) is 26.1. The fraction of sp³-hybridized carbons (Fsp3) is 0.100. The maximum absolute atomic E-state index is 14.6. The lowest BCUT2D eigenvalue weighted by atomic mass is 9.35. The van der Waals surface area contributed by atoms with Crippen LogP contribution in [0.15, 0.2) is 71.5 Å². The molecule has 0 unspecified atom stereocenters. The van der Waals surface area contributed by atoms with Crippen LogP contribution in [-0.4, -0.2) is 13.9 Å². The van der Waals surface area contributed by atoms with Crippen molar-refractivity contribution in [3.8, 4) is 0 Å². The van der Waals surface area contributed by atoms with Crippen molar-refractivity contribution >= 4 is 17.6 Å². The summed E-state index contributed by atoms with van der Waals surface area (Å²) in [6, 6.07) is 6.49. The number of rotatable bonds is 5. The van der Waals surface area contributed by atoms with E-state index in [0.717, 1.165) is 12.1 Å². The SMILES string of the molecule is CF.C\C(F)=C(B(c1ccccc1)c1cc(F)c(F)c(F)c1F)/C(F)=C(F)\C(F)=C\F. The van der Waals surface area contributed by atoms with Crippen molar-refractivity contribution < 1.29 is 43.9 Å². The van der Waals surface area contributed by atoms with Crippen molar-refractivity contribution in [2.75, 3.05) is 7.18 Å². The Labute approximate surface area is 171 Å². The predicted octanol–water partition coefficient (Wildman–Crippen LogP) is 6.15. The molecule has 31 heavy (non-hydrogen) atoms. The number of halogens is 10. The molecule has 0 N–H and O–H groups in total. The van der Waals surface area contributed by atoms with Gasteiger partial charge in [0.1, 0.15) is 6.33 Å². The summed E-state index contributed by atoms with van der Waals surface area (Å²) in [5.41, 5.74) is -2.65. The minimum atomic E-state index is -2.45. The molecule has 0 spiro atoms. The van der Waals surface area contributed by atoms with Gasteiger partial charge in [-0.2, -0.15) is 0 Å². The Morgan fingerprint density at radius 2 is 1.35 bits per heavy atom. The fourth-order valence-corrected chi connectivity index (χ4v) is 2.70. The number of allylic oxidation sites excluding steroid dienone is 5. The Balaban J connectivity index is 0.00000233. The molecule has 0 aromatic heterocycles. The van der Waals surface area contributed by atoms with Crippen LogP contribution in [0.4, 0.5) is 43.9 Å². The molecule has 0 aliphatic heterocycles. The van der Waals surface area contributed by atoms with Gasteiger partial charge in [-0.15, -0.1) is 0 Å². The van der Waals surface area contributed by atoms with Crippen LogP contribution in [0.25, 0.3) is 0 Å². The van der Waals surface area contributed by atoms with Crippen molar-refractivity contribution in [3.63, 3.8) is 0 Å². The van der Waals surface area contributed by atoms with Crippen molar-refractivity contribution in [1.29, 1.82) is 0 Å². The van der Waals surface area contributed by atoms with E-state index in [1.807, 2.05) is 0 Å². The zero-order valence-corrected chi connectivity index (χ0v) is 15.9. The van der Waals surface area contributed by atoms with Crippen LogP contribution in [0, 0.1) is 23.3 Å². The molecule has 2 aromatic carbocycles. The van der Waals surface area contributed by atoms with Crippen molar-refractivity contribution in [2.45, 2.75) is 6.92 Å². The minimum Gasteiger partial charge on any atom is -0.255 e. The van der Waals surface area contributed by atoms with Crippen LogP contribution >= 0.6 is 0 Å². The first-order chi connectivity index (χ1) is 14.6. The Kier molecular flexibility index (Phi) is 9.61. The van der Waals surface area contributed by atoms with Gasteiger partial charge in [0.15, 0.2) is 40.7 Å². The Morgan fingerprint density at radius 1 is 0.806 bits per heavy atom. The number of alkyl halides is 1. The standard InChI is InChI=1S/C19H10BF9.CH3F/c1-9(22)14(18(28)17(27)13(24)8-21)20(10-5-3-2-4-6-10)11-7-12(23)16(26)19(29)15(11)25;1-2/h2-8H,1H3;1H3/b13-8-,14-9-,18-17-;. The molecule has 166 valence electrons. The van der Waals surface area contributed by atoms with E-state index in [-0.39, 0.29) is 11.5 Å². The largest absolute Gasteiger partial charge is 0.255 e. The average Bonchev–Trinajstić information content (AvgIpc) is 2.78. The highest BCUT2D eigenvalue weighted by Crippen LogP contribution is 2.29. The van der Waals surface area contributed by atoms with E-state index in [1.54, 1.807) is 0 Å². The van der Waals surface area contributed by atoms with Crippen LogP contribution in [0.2, 0.25) is 0 Å². The van der Waals surface area contributed by atoms with Crippen LogP contribution in [0.5, 0.6) is 0 Å². The number of hydrogen-bond donors (Lipinski definition) is 0. The summed E-state index contributed by atoms with van der Waals surface area (Å²) in [4.78, 5) is 0. The van der Waals surface area contributed by atoms with Gasteiger partial charge < -0.3 is 0 Å². The first-order valence-electron chi connectivity index (χ1n) is 8.25. The van der Waals surface area contributed by atoms with E-state index < -0.39 is 70.6 Å². The molecule has 0 aliphatic rings. The third-order valence-corrected chi connectivity index (χ3v) is 3.97. The van der Waals surface area contributed by atoms with Gasteiger partial charge in [0.05, 0.1) is 13.0 Å². The zero-order chi connectivity index (χ0) is 23.9. The molecule has 0 aliphatic carbocycles. The van der Waals surface area contributed by atoms with E-state index in [4.69, 9.17) is 0 Å². The summed E-state index contributed by atoms with van der Waals surface area (Å²) in [5.74, 6) is -16.9. The monoisotopic (exact) mass is 454 g/mol. The Hall–Kier alpha value is -2.98. The highest BCUT2D eigenvalue weighted by Gasteiger charge is 2.36. The minimum absolute atomic E-state index is 0.140. The molecule has 11 heteroatoms. The normalized spacial score (nSPS) is 13.1. The third-order valence-electron chi connectivity index (χ3n) is 3.97. The molecule has 0 fully saturated rings. The van der Waals surface area contributed by atoms with Gasteiger partial charge in [0.2, 0.25) is 0 Å². The zero-order valence-electron chi connectivity index (χ0n) is 15.9. The van der Waals surface area contributed by atoms with Crippen molar-refractivity contribution in [2.24, 2.45) is 0 Å². The molecule has 0 saturated heterocycles. The molecule has 0 atom stereocenters. The molecule has 0 heterocycles. The predicted molar refractivity (Wildman–Crippen MR) is 98.1 cm³/mol. The molecule has 0 radical (unpaired) electrons. The lowest BCUT2D eigenvalue weighted by molar-refractivity contribution is 0.412. The molecule has 0 amide bonds. The number of benzene rings is 2. The summed E-state index contributed by atoms with van der Waals surface area (Å²) < 4.78 is 133. The van der Waals surface area contributed by atoms with Crippen molar-refractivity contribution in [3.05, 3.63) is 94.8 Å². The van der Waals surface area contributed by atoms with Gasteiger partial charge in [-0.3, -0.25) is 4.39 Å². The van der Waals surface area contributed by atoms with Gasteiger partial charge in [-0.25, -0.2) is 39.5 Å². The first-order valence-corrected chi connectivity index (χ1v) is 8.25. The highest BCUT2D eigenvalue weighted by molar-refractivity contribution is 6.91. The molecule has 0 bridgehead atoms. The van der Waals surface area contributed by atoms with Crippen LogP contribution in [0.1, 0.15) is 6.92 Å². The smallest absolute Gasteiger partial charge is 0.252 e. The second-order valence-corrected chi connectivity index (χ2v) is 5.77. The molecule has 0 nitrogen and oxygen atoms in total. The highest BCUT2D eigenvalue weighted by atomic mass is 19.2. The topological polar surface area (TPSA) is 0 Å². The summed E-state index contributed by atoms with van der Waals surface area (Å²) in [6.45, 7) is -1.48. The summed E-state index contributed by atoms with van der Waals surface area (Å²) in [7, 11) is 0.500. The van der Waals surface area contributed by atoms with Gasteiger partial charge in [0.25, 0.3) is 6.71 Å². The van der Waals surface area contributed by atoms with Gasteiger partial charge >= 0.3 is 0 Å². The molecular weight excluding hydrogens is 441 g/mol. The Morgan fingerprint density at radius 3 is 1.84 bits per heavy atom. The molecule has 0 saturated carbocycles.